The fraction of sp³-hybridized carbons (Fsp3) is 0.408. The monoisotopic (exact) mass is 943 g/mol. The summed E-state index contributed by atoms with van der Waals surface area (Å²) in [7, 11) is -1.80. The Morgan fingerprint density at radius 1 is 0.862 bits per heavy atom. The van der Waals surface area contributed by atoms with Crippen LogP contribution in [0.2, 0.25) is 18.1 Å². The molecule has 0 bridgehead atoms. The van der Waals surface area contributed by atoms with Crippen molar-refractivity contribution in [3.63, 3.8) is 0 Å². The highest BCUT2D eigenvalue weighted by molar-refractivity contribution is 8.29. The average molecular weight is 944 g/mol. The maximum absolute atomic E-state index is 14.2. The van der Waals surface area contributed by atoms with Gasteiger partial charge in [-0.25, -0.2) is 9.32 Å². The Morgan fingerprint density at radius 3 is 1.97 bits per heavy atom. The van der Waals surface area contributed by atoms with E-state index < -0.39 is 57.6 Å². The molecule has 16 heteroatoms. The van der Waals surface area contributed by atoms with Crippen molar-refractivity contribution >= 4 is 39.9 Å². The number of aromatic nitrogens is 2. The molecule has 1 amide bonds. The Bertz CT molecular complexity index is 2310. The smallest absolute Gasteiger partial charge is 0.351 e. The molecule has 1 radical (unpaired) electrons. The minimum Gasteiger partial charge on any atom is -0.497 e. The fourth-order valence-corrected chi connectivity index (χ4v) is 11.1. The van der Waals surface area contributed by atoms with E-state index in [0.717, 1.165) is 16.7 Å². The number of carbonyl (C=O) groups excluding carboxylic acids is 1. The SMILES string of the molecule is CC[N+](CC)(CC)O[PH+]([S-])O[C@H]1[C@@H](O[Si](C)(C)C(C)(C)C)[C@H](n2ccc(NC(=O)c3ccccc3)nc2=O)O[C@@H]1COC(c1ccccc1)(c1ccc(OC)cc1)c1ccc([O+]C)cc1. The predicted octanol–water partition coefficient (Wildman–Crippen LogP) is 9.51. The number of carbonyl (C=O) groups is 1. The molecule has 5 atom stereocenters. The van der Waals surface area contributed by atoms with Crippen LogP contribution in [0.4, 0.5) is 5.82 Å². The lowest BCUT2D eigenvalue weighted by Crippen LogP contribution is -2.50. The number of nitrogens with zero attached hydrogens (tertiary/aromatic N) is 3. The van der Waals surface area contributed by atoms with Gasteiger partial charge in [0.05, 0.1) is 13.7 Å². The van der Waals surface area contributed by atoms with Crippen molar-refractivity contribution in [3.05, 3.63) is 154 Å². The third-order valence-electron chi connectivity index (χ3n) is 12.8. The van der Waals surface area contributed by atoms with Gasteiger partial charge in [0, 0.05) is 23.9 Å². The number of anilines is 1. The molecule has 0 saturated carbocycles. The van der Waals surface area contributed by atoms with Gasteiger partial charge >= 0.3 is 11.4 Å². The zero-order chi connectivity index (χ0) is 47.0. The van der Waals surface area contributed by atoms with Crippen LogP contribution in [0.1, 0.15) is 74.8 Å². The first-order chi connectivity index (χ1) is 31.0. The lowest BCUT2D eigenvalue weighted by molar-refractivity contribution is -1.08. The molecule has 1 aliphatic heterocycles. The van der Waals surface area contributed by atoms with Crippen LogP contribution >= 0.6 is 7.58 Å². The Labute approximate surface area is 391 Å². The quantitative estimate of drug-likeness (QED) is 0.0152. The number of hydrogen-bond acceptors (Lipinski definition) is 11. The van der Waals surface area contributed by atoms with Crippen molar-refractivity contribution in [2.75, 3.05) is 45.8 Å². The van der Waals surface area contributed by atoms with E-state index in [4.69, 9.17) is 44.8 Å². The van der Waals surface area contributed by atoms with Crippen LogP contribution in [0.3, 0.4) is 0 Å². The third kappa shape index (κ3) is 11.2. The Hall–Kier alpha value is -4.41. The molecule has 1 unspecified atom stereocenters. The lowest BCUT2D eigenvalue weighted by Gasteiger charge is -2.41. The van der Waals surface area contributed by atoms with Gasteiger partial charge in [-0.3, -0.25) is 14.1 Å². The van der Waals surface area contributed by atoms with E-state index in [2.05, 4.69) is 64.9 Å². The first-order valence-electron chi connectivity index (χ1n) is 22.1. The maximum Gasteiger partial charge on any atom is 0.351 e. The number of benzene rings is 4. The number of hydrogen-bond donors (Lipinski definition) is 1. The Morgan fingerprint density at radius 2 is 1.43 bits per heavy atom. The van der Waals surface area contributed by atoms with Gasteiger partial charge in [0.1, 0.15) is 49.0 Å². The average Bonchev–Trinajstić information content (AvgIpc) is 3.63. The van der Waals surface area contributed by atoms with Crippen LogP contribution in [-0.4, -0.2) is 87.2 Å². The van der Waals surface area contributed by atoms with E-state index in [1.165, 1.54) is 4.57 Å². The molecule has 0 spiro atoms. The molecule has 13 nitrogen and oxygen atoms in total. The standard InChI is InChI=1S/C49H63N4O9PSSi/c1-11-53(12-2,13-3)62-63(64)60-43-41(34-58-49(36-22-18-15-19-23-36,37-24-28-39(56-7)29-25-37)38-26-30-40(57-8)31-27-38)59-46(44(43)61-65(9,10)48(4,5)6)52-33-32-42(51-47(52)55)50-45(54)35-20-16-14-17-21-35/h14-33,41,43-44,46,63H,11-13,34H2,1-10H3/q+1/p+1/t41-,43-,44-,46-/m1/s1. The topological polar surface area (TPSA) is 131 Å². The van der Waals surface area contributed by atoms with Crippen molar-refractivity contribution in [3.8, 4) is 11.5 Å². The minimum atomic E-state index is -2.64. The summed E-state index contributed by atoms with van der Waals surface area (Å²) in [5, 5.41) is 2.51. The third-order valence-corrected chi connectivity index (χ3v) is 18.8. The van der Waals surface area contributed by atoms with E-state index in [1.807, 2.05) is 84.9 Å². The van der Waals surface area contributed by atoms with Crippen LogP contribution in [0.25, 0.3) is 0 Å². The Balaban J connectivity index is 1.48. The summed E-state index contributed by atoms with van der Waals surface area (Å²) >= 11 is 6.11. The van der Waals surface area contributed by atoms with Crippen LogP contribution in [-0.2, 0) is 40.9 Å². The summed E-state index contributed by atoms with van der Waals surface area (Å²) in [6.07, 6.45) is -2.05. The van der Waals surface area contributed by atoms with Crippen molar-refractivity contribution in [2.45, 2.75) is 89.8 Å². The minimum absolute atomic E-state index is 0.0430. The largest absolute Gasteiger partial charge is 0.497 e. The Kier molecular flexibility index (Phi) is 16.5. The van der Waals surface area contributed by atoms with E-state index in [0.29, 0.717) is 41.3 Å². The molecule has 0 aliphatic carbocycles. The van der Waals surface area contributed by atoms with E-state index >= 15 is 0 Å². The number of hydroxylamine groups is 3. The van der Waals surface area contributed by atoms with Gasteiger partial charge in [-0.05, 0) is 98.1 Å². The van der Waals surface area contributed by atoms with Gasteiger partial charge in [0.2, 0.25) is 7.58 Å². The van der Waals surface area contributed by atoms with Crippen molar-refractivity contribution in [2.24, 2.45) is 0 Å². The second-order valence-corrected chi connectivity index (χ2v) is 24.2. The summed E-state index contributed by atoms with van der Waals surface area (Å²) in [5.41, 5.74) is 1.10. The molecular weight excluding hydrogens is 880 g/mol. The zero-order valence-corrected chi connectivity index (χ0v) is 41.9. The molecule has 2 heterocycles. The molecule has 5 aromatic rings. The van der Waals surface area contributed by atoms with Gasteiger partial charge < -0.3 is 36.2 Å². The molecule has 6 rings (SSSR count). The van der Waals surface area contributed by atoms with Crippen LogP contribution in [0.5, 0.6) is 11.5 Å². The number of quaternary nitrogens is 1. The van der Waals surface area contributed by atoms with Gasteiger partial charge in [-0.15, -0.1) is 4.65 Å². The predicted molar refractivity (Wildman–Crippen MR) is 261 cm³/mol. The number of ether oxygens (including phenoxy) is 4. The molecule has 1 aliphatic rings. The highest BCUT2D eigenvalue weighted by Gasteiger charge is 2.55. The highest BCUT2D eigenvalue weighted by atomic mass is 32.7. The van der Waals surface area contributed by atoms with Gasteiger partial charge in [0.15, 0.2) is 20.6 Å². The summed E-state index contributed by atoms with van der Waals surface area (Å²) in [6.45, 7) is 19.0. The summed E-state index contributed by atoms with van der Waals surface area (Å²) in [4.78, 5) is 31.6. The zero-order valence-electron chi connectivity index (χ0n) is 39.1. The number of amides is 1. The number of rotatable bonds is 20. The first-order valence-corrected chi connectivity index (χ1v) is 27.4. The van der Waals surface area contributed by atoms with Crippen LogP contribution in [0, 0.1) is 0 Å². The molecule has 1 N–H and O–H groups in total. The maximum atomic E-state index is 14.2. The fourth-order valence-electron chi connectivity index (χ4n) is 7.74. The van der Waals surface area contributed by atoms with Crippen molar-refractivity contribution < 1.29 is 42.0 Å². The molecule has 347 valence electrons. The number of methoxy groups -OCH3 is 2. The van der Waals surface area contributed by atoms with Crippen LogP contribution < -0.4 is 20.5 Å². The van der Waals surface area contributed by atoms with E-state index in [1.54, 1.807) is 50.7 Å². The summed E-state index contributed by atoms with van der Waals surface area (Å²) in [5.74, 6) is 1.08. The molecule has 1 aromatic heterocycles. The second-order valence-electron chi connectivity index (χ2n) is 17.5. The van der Waals surface area contributed by atoms with Crippen molar-refractivity contribution in [1.82, 2.24) is 9.55 Å². The molecule has 4 aromatic carbocycles. The van der Waals surface area contributed by atoms with Crippen molar-refractivity contribution in [1.29, 1.82) is 0 Å². The molecule has 1 saturated heterocycles. The molecule has 1 fully saturated rings. The first kappa shape index (κ1) is 50.0. The normalized spacial score (nSPS) is 19.3. The molecular formula is C49H64N4O9PSSi+2. The highest BCUT2D eigenvalue weighted by Crippen LogP contribution is 2.50. The summed E-state index contributed by atoms with van der Waals surface area (Å²) in [6, 6.07) is 35.9. The second kappa shape index (κ2) is 21.5. The van der Waals surface area contributed by atoms with Gasteiger partial charge in [-0.1, -0.05) is 86.1 Å². The van der Waals surface area contributed by atoms with Crippen LogP contribution in [0.15, 0.2) is 126 Å². The van der Waals surface area contributed by atoms with Gasteiger partial charge in [0.25, 0.3) is 13.0 Å². The van der Waals surface area contributed by atoms with Gasteiger partial charge in [-0.2, -0.15) is 4.98 Å². The number of nitrogens with one attached hydrogen (secondary N) is 1. The summed E-state index contributed by atoms with van der Waals surface area (Å²) < 4.78 is 48.2. The lowest BCUT2D eigenvalue weighted by atomic mass is 9.80. The van der Waals surface area contributed by atoms with E-state index in [-0.39, 0.29) is 17.5 Å². The van der Waals surface area contributed by atoms with E-state index in [9.17, 15) is 9.59 Å². The molecule has 65 heavy (non-hydrogen) atoms.